The van der Waals surface area contributed by atoms with Crippen molar-refractivity contribution in [3.63, 3.8) is 0 Å². The van der Waals surface area contributed by atoms with Gasteiger partial charge in [-0.15, -0.1) is 0 Å². The van der Waals surface area contributed by atoms with Crippen LogP contribution in [0.5, 0.6) is 0 Å². The summed E-state index contributed by atoms with van der Waals surface area (Å²) >= 11 is 0. The van der Waals surface area contributed by atoms with Crippen molar-refractivity contribution in [3.8, 4) is 0 Å². The number of cyclic esters (lactones) is 2. The van der Waals surface area contributed by atoms with Gasteiger partial charge in [0.25, 0.3) is 5.91 Å². The number of aliphatic hydroxyl groups excluding tert-OH is 1. The van der Waals surface area contributed by atoms with Crippen LogP contribution in [-0.2, 0) is 30.3 Å². The molecule has 0 bridgehead atoms. The summed E-state index contributed by atoms with van der Waals surface area (Å²) in [5.41, 5.74) is 0.924. The van der Waals surface area contributed by atoms with Crippen LogP contribution in [0.1, 0.15) is 78.2 Å². The third-order valence-corrected chi connectivity index (χ3v) is 6.85. The number of hydrogen-bond donors (Lipinski definition) is 1. The van der Waals surface area contributed by atoms with E-state index < -0.39 is 42.2 Å². The summed E-state index contributed by atoms with van der Waals surface area (Å²) in [5.74, 6) is -2.46. The number of likely N-dealkylation sites (N-methyl/N-ethyl adjacent to an activating group) is 1. The second-order valence-corrected chi connectivity index (χ2v) is 10.1. The van der Waals surface area contributed by atoms with E-state index >= 15 is 0 Å². The summed E-state index contributed by atoms with van der Waals surface area (Å²) in [6.07, 6.45) is 3.04. The molecule has 2 unspecified atom stereocenters. The zero-order valence-corrected chi connectivity index (χ0v) is 21.9. The van der Waals surface area contributed by atoms with Gasteiger partial charge in [-0.3, -0.25) is 14.4 Å². The lowest BCUT2D eigenvalue weighted by Gasteiger charge is -2.36. The van der Waals surface area contributed by atoms with Gasteiger partial charge in [-0.25, -0.2) is 0 Å². The minimum absolute atomic E-state index is 0.254. The minimum atomic E-state index is -1.12. The molecule has 1 amide bonds. The highest BCUT2D eigenvalue weighted by atomic mass is 16.6. The van der Waals surface area contributed by atoms with Gasteiger partial charge < -0.3 is 19.5 Å². The van der Waals surface area contributed by atoms with Crippen LogP contribution in [0.3, 0.4) is 0 Å². The number of nitrogens with zero attached hydrogens (tertiary/aromatic N) is 1. The standard InChI is InChI=1S/C28H43NO6/c1-6-7-8-9-13-16-24-20(4)28(33)35-26(19(2)3)27(32)29(5)22(23(30)18-25(31)34-24)17-21-14-11-10-12-15-21/h10-12,14-15,19-20,22-24,26,30H,6-9,13,16-18H2,1-5H3/t20-,22+,23-,24?,26?/m1/s1. The van der Waals surface area contributed by atoms with Gasteiger partial charge in [-0.05, 0) is 37.7 Å². The molecule has 1 aliphatic rings. The molecule has 1 saturated heterocycles. The van der Waals surface area contributed by atoms with E-state index in [1.54, 1.807) is 14.0 Å². The maximum absolute atomic E-state index is 13.5. The van der Waals surface area contributed by atoms with Crippen molar-refractivity contribution in [1.29, 1.82) is 0 Å². The average Bonchev–Trinajstić information content (AvgIpc) is 2.83. The molecule has 1 fully saturated rings. The zero-order valence-electron chi connectivity index (χ0n) is 21.9. The Hall–Kier alpha value is -2.41. The number of unbranched alkanes of at least 4 members (excludes halogenated alkanes) is 4. The van der Waals surface area contributed by atoms with Gasteiger partial charge in [0, 0.05) is 7.05 Å². The Morgan fingerprint density at radius 1 is 1.03 bits per heavy atom. The molecular formula is C28H43NO6. The van der Waals surface area contributed by atoms with Crippen molar-refractivity contribution in [2.75, 3.05) is 7.05 Å². The first-order valence-electron chi connectivity index (χ1n) is 13.0. The molecule has 0 radical (unpaired) electrons. The zero-order chi connectivity index (χ0) is 26.0. The van der Waals surface area contributed by atoms with E-state index in [0.29, 0.717) is 12.8 Å². The normalized spacial score (nSPS) is 26.7. The predicted octanol–water partition coefficient (Wildman–Crippen LogP) is 4.30. The molecule has 0 saturated carbocycles. The SMILES string of the molecule is CCCCCCCC1OC(=O)C[C@@H](O)[C@H](Cc2ccccc2)N(C)C(=O)C(C(C)C)OC(=O)[C@@H]1C. The Morgan fingerprint density at radius 2 is 1.69 bits per heavy atom. The summed E-state index contributed by atoms with van der Waals surface area (Å²) in [4.78, 5) is 40.8. The van der Waals surface area contributed by atoms with E-state index in [1.807, 2.05) is 44.2 Å². The Bertz CT molecular complexity index is 811. The fraction of sp³-hybridized carbons (Fsp3) is 0.679. The predicted molar refractivity (Wildman–Crippen MR) is 134 cm³/mol. The first-order chi connectivity index (χ1) is 16.6. The van der Waals surface area contributed by atoms with Gasteiger partial charge in [0.15, 0.2) is 6.10 Å². The van der Waals surface area contributed by atoms with Gasteiger partial charge in [0.05, 0.1) is 24.5 Å². The fourth-order valence-corrected chi connectivity index (χ4v) is 4.49. The summed E-state index contributed by atoms with van der Waals surface area (Å²) in [6.45, 7) is 7.48. The van der Waals surface area contributed by atoms with Gasteiger partial charge in [-0.2, -0.15) is 0 Å². The molecule has 1 aliphatic heterocycles. The molecule has 2 rings (SSSR count). The van der Waals surface area contributed by atoms with Gasteiger partial charge in [-0.1, -0.05) is 76.8 Å². The number of carbonyl (C=O) groups excluding carboxylic acids is 3. The third kappa shape index (κ3) is 8.64. The van der Waals surface area contributed by atoms with Gasteiger partial charge >= 0.3 is 11.9 Å². The van der Waals surface area contributed by atoms with E-state index in [4.69, 9.17) is 9.47 Å². The topological polar surface area (TPSA) is 93.1 Å². The van der Waals surface area contributed by atoms with Crippen LogP contribution < -0.4 is 0 Å². The molecule has 0 spiro atoms. The molecule has 7 heteroatoms. The van der Waals surface area contributed by atoms with Crippen molar-refractivity contribution < 1.29 is 29.0 Å². The van der Waals surface area contributed by atoms with E-state index in [-0.39, 0.29) is 18.2 Å². The molecule has 35 heavy (non-hydrogen) atoms. The molecular weight excluding hydrogens is 446 g/mol. The van der Waals surface area contributed by atoms with Crippen LogP contribution in [0.4, 0.5) is 0 Å². The van der Waals surface area contributed by atoms with Crippen LogP contribution in [0, 0.1) is 11.8 Å². The molecule has 7 nitrogen and oxygen atoms in total. The van der Waals surface area contributed by atoms with E-state index in [1.165, 1.54) is 4.90 Å². The van der Waals surface area contributed by atoms with Gasteiger partial charge in [0.2, 0.25) is 0 Å². The summed E-state index contributed by atoms with van der Waals surface area (Å²) < 4.78 is 11.5. The van der Waals surface area contributed by atoms with Crippen LogP contribution in [0.2, 0.25) is 0 Å². The van der Waals surface area contributed by atoms with Crippen molar-refractivity contribution in [2.45, 2.75) is 103 Å². The fourth-order valence-electron chi connectivity index (χ4n) is 4.49. The molecule has 5 atom stereocenters. The van der Waals surface area contributed by atoms with Gasteiger partial charge in [0.1, 0.15) is 6.10 Å². The number of ether oxygens (including phenoxy) is 2. The molecule has 1 aromatic carbocycles. The Labute approximate surface area is 210 Å². The summed E-state index contributed by atoms with van der Waals surface area (Å²) in [7, 11) is 1.59. The highest BCUT2D eigenvalue weighted by molar-refractivity contribution is 5.85. The molecule has 1 aromatic rings. The second kappa shape index (κ2) is 14.2. The lowest BCUT2D eigenvalue weighted by atomic mass is 9.95. The maximum atomic E-state index is 13.5. The smallest absolute Gasteiger partial charge is 0.313 e. The Morgan fingerprint density at radius 3 is 2.31 bits per heavy atom. The van der Waals surface area contributed by atoms with Crippen LogP contribution in [-0.4, -0.2) is 59.3 Å². The van der Waals surface area contributed by atoms with Crippen molar-refractivity contribution in [3.05, 3.63) is 35.9 Å². The third-order valence-electron chi connectivity index (χ3n) is 6.85. The lowest BCUT2D eigenvalue weighted by Crippen LogP contribution is -2.53. The monoisotopic (exact) mass is 489 g/mol. The Kier molecular flexibility index (Phi) is 11.7. The van der Waals surface area contributed by atoms with Crippen LogP contribution >= 0.6 is 0 Å². The van der Waals surface area contributed by atoms with Crippen molar-refractivity contribution in [1.82, 2.24) is 4.90 Å². The summed E-state index contributed by atoms with van der Waals surface area (Å²) in [5, 5.41) is 11.1. The molecule has 1 heterocycles. The number of hydrogen-bond acceptors (Lipinski definition) is 6. The molecule has 0 aromatic heterocycles. The molecule has 196 valence electrons. The van der Waals surface area contributed by atoms with Crippen molar-refractivity contribution >= 4 is 17.8 Å². The molecule has 1 N–H and O–H groups in total. The highest BCUT2D eigenvalue weighted by Crippen LogP contribution is 2.24. The first kappa shape index (κ1) is 28.8. The van der Waals surface area contributed by atoms with Crippen LogP contribution in [0.25, 0.3) is 0 Å². The number of carbonyl (C=O) groups is 3. The highest BCUT2D eigenvalue weighted by Gasteiger charge is 2.39. The largest absolute Gasteiger partial charge is 0.461 e. The number of benzene rings is 1. The van der Waals surface area contributed by atoms with Crippen LogP contribution in [0.15, 0.2) is 30.3 Å². The van der Waals surface area contributed by atoms with E-state index in [2.05, 4.69) is 6.92 Å². The average molecular weight is 490 g/mol. The van der Waals surface area contributed by atoms with E-state index in [0.717, 1.165) is 37.7 Å². The minimum Gasteiger partial charge on any atom is -0.461 e. The second-order valence-electron chi connectivity index (χ2n) is 10.1. The van der Waals surface area contributed by atoms with Crippen molar-refractivity contribution in [2.24, 2.45) is 11.8 Å². The van der Waals surface area contributed by atoms with E-state index in [9.17, 15) is 19.5 Å². The lowest BCUT2D eigenvalue weighted by molar-refractivity contribution is -0.176. The quantitative estimate of drug-likeness (QED) is 0.411. The summed E-state index contributed by atoms with van der Waals surface area (Å²) in [6, 6.07) is 8.81. The Balaban J connectivity index is 2.31. The number of rotatable bonds is 9. The number of aliphatic hydroxyl groups is 1. The number of esters is 2. The first-order valence-corrected chi connectivity index (χ1v) is 13.0. The number of amides is 1. The molecule has 0 aliphatic carbocycles. The maximum Gasteiger partial charge on any atom is 0.313 e.